The van der Waals surface area contributed by atoms with Crippen LogP contribution in [0.1, 0.15) is 23.0 Å². The van der Waals surface area contributed by atoms with Gasteiger partial charge in [-0.15, -0.1) is 0 Å². The number of nitrogens with zero attached hydrogens (tertiary/aromatic N) is 3. The Hall–Kier alpha value is -1.88. The summed E-state index contributed by atoms with van der Waals surface area (Å²) in [6.45, 7) is 1.99. The second-order valence-corrected chi connectivity index (χ2v) is 4.89. The predicted octanol–water partition coefficient (Wildman–Crippen LogP) is 2.16. The molecule has 1 unspecified atom stereocenters. The molecule has 2 aromatic rings. The summed E-state index contributed by atoms with van der Waals surface area (Å²) in [4.78, 5) is 13.7. The molecule has 19 heavy (non-hydrogen) atoms. The number of likely N-dealkylation sites (N-methyl/N-ethyl adjacent to an activating group) is 1. The number of benzene rings is 1. The highest BCUT2D eigenvalue weighted by atomic mass is 35.5. The molecule has 1 N–H and O–H groups in total. The van der Waals surface area contributed by atoms with Crippen LogP contribution in [0.2, 0.25) is 5.02 Å². The smallest absolute Gasteiger partial charge is 0.276 e. The van der Waals surface area contributed by atoms with Gasteiger partial charge in [0.15, 0.2) is 5.69 Å². The number of hydrogen-bond donors (Lipinski definition) is 1. The number of aromatic nitrogens is 3. The summed E-state index contributed by atoms with van der Waals surface area (Å²) in [7, 11) is 1.76. The Kier molecular flexibility index (Phi) is 4.16. The lowest BCUT2D eigenvalue weighted by Crippen LogP contribution is -2.36. The van der Waals surface area contributed by atoms with Crippen LogP contribution in [0, 0.1) is 0 Å². The van der Waals surface area contributed by atoms with E-state index in [1.54, 1.807) is 11.9 Å². The van der Waals surface area contributed by atoms with Crippen LogP contribution >= 0.6 is 11.6 Å². The highest BCUT2D eigenvalue weighted by Gasteiger charge is 2.19. The Bertz CT molecular complexity index is 538. The maximum Gasteiger partial charge on any atom is 0.276 e. The van der Waals surface area contributed by atoms with Crippen LogP contribution in [0.15, 0.2) is 30.5 Å². The van der Waals surface area contributed by atoms with Crippen molar-refractivity contribution >= 4 is 17.5 Å². The third-order valence-corrected chi connectivity index (χ3v) is 3.31. The van der Waals surface area contributed by atoms with E-state index in [2.05, 4.69) is 15.4 Å². The number of H-pyrrole nitrogens is 1. The summed E-state index contributed by atoms with van der Waals surface area (Å²) in [5, 5.41) is 10.6. The predicted molar refractivity (Wildman–Crippen MR) is 73.1 cm³/mol. The summed E-state index contributed by atoms with van der Waals surface area (Å²) < 4.78 is 0. The largest absolute Gasteiger partial charge is 0.337 e. The Labute approximate surface area is 116 Å². The number of nitrogens with one attached hydrogen (secondary N) is 1. The first-order chi connectivity index (χ1) is 9.08. The highest BCUT2D eigenvalue weighted by molar-refractivity contribution is 6.30. The summed E-state index contributed by atoms with van der Waals surface area (Å²) >= 11 is 5.85. The topological polar surface area (TPSA) is 61.9 Å². The average Bonchev–Trinajstić information content (AvgIpc) is 2.93. The van der Waals surface area contributed by atoms with E-state index < -0.39 is 0 Å². The molecular formula is C13H15ClN4O. The van der Waals surface area contributed by atoms with Gasteiger partial charge in [0.2, 0.25) is 0 Å². The Morgan fingerprint density at radius 1 is 1.42 bits per heavy atom. The van der Waals surface area contributed by atoms with Crippen molar-refractivity contribution in [3.05, 3.63) is 46.7 Å². The zero-order valence-electron chi connectivity index (χ0n) is 10.8. The molecule has 5 nitrogen and oxygen atoms in total. The van der Waals surface area contributed by atoms with Gasteiger partial charge >= 0.3 is 0 Å². The van der Waals surface area contributed by atoms with Gasteiger partial charge < -0.3 is 4.90 Å². The summed E-state index contributed by atoms with van der Waals surface area (Å²) in [6, 6.07) is 7.69. The quantitative estimate of drug-likeness (QED) is 0.932. The minimum Gasteiger partial charge on any atom is -0.337 e. The minimum atomic E-state index is -0.143. The van der Waals surface area contributed by atoms with Crippen LogP contribution in [0.25, 0.3) is 0 Å². The van der Waals surface area contributed by atoms with Crippen molar-refractivity contribution < 1.29 is 4.79 Å². The Balaban J connectivity index is 2.01. The van der Waals surface area contributed by atoms with E-state index in [0.717, 1.165) is 12.0 Å². The number of hydrogen-bond acceptors (Lipinski definition) is 3. The van der Waals surface area contributed by atoms with Crippen molar-refractivity contribution in [1.82, 2.24) is 20.3 Å². The molecule has 1 aromatic heterocycles. The second-order valence-electron chi connectivity index (χ2n) is 4.45. The molecule has 2 rings (SSSR count). The molecule has 0 radical (unpaired) electrons. The van der Waals surface area contributed by atoms with E-state index >= 15 is 0 Å². The number of rotatable bonds is 4. The third kappa shape index (κ3) is 3.32. The number of carbonyl (C=O) groups excluding carboxylic acids is 1. The fourth-order valence-corrected chi connectivity index (χ4v) is 1.91. The van der Waals surface area contributed by atoms with Gasteiger partial charge in [0.05, 0.1) is 6.20 Å². The number of aromatic amines is 1. The SMILES string of the molecule is CC(Cc1ccc(Cl)cc1)N(C)C(=O)c1cn[nH]n1. The monoisotopic (exact) mass is 278 g/mol. The normalized spacial score (nSPS) is 12.2. The first kappa shape index (κ1) is 13.5. The lowest BCUT2D eigenvalue weighted by atomic mass is 10.1. The van der Waals surface area contributed by atoms with Gasteiger partial charge in [-0.3, -0.25) is 4.79 Å². The zero-order chi connectivity index (χ0) is 13.8. The summed E-state index contributed by atoms with van der Waals surface area (Å²) in [5.74, 6) is -0.143. The van der Waals surface area contributed by atoms with E-state index in [1.807, 2.05) is 31.2 Å². The molecule has 0 saturated heterocycles. The van der Waals surface area contributed by atoms with Crippen molar-refractivity contribution in [3.63, 3.8) is 0 Å². The van der Waals surface area contributed by atoms with Crippen LogP contribution < -0.4 is 0 Å². The summed E-state index contributed by atoms with van der Waals surface area (Å²) in [6.07, 6.45) is 2.19. The van der Waals surface area contributed by atoms with Gasteiger partial charge in [-0.1, -0.05) is 23.7 Å². The van der Waals surface area contributed by atoms with E-state index in [1.165, 1.54) is 6.20 Å². The van der Waals surface area contributed by atoms with Crippen molar-refractivity contribution in [1.29, 1.82) is 0 Å². The van der Waals surface area contributed by atoms with Crippen molar-refractivity contribution in [2.45, 2.75) is 19.4 Å². The maximum absolute atomic E-state index is 12.1. The molecule has 100 valence electrons. The van der Waals surface area contributed by atoms with Crippen molar-refractivity contribution in [3.8, 4) is 0 Å². The van der Waals surface area contributed by atoms with Gasteiger partial charge in [-0.2, -0.15) is 15.4 Å². The molecule has 1 heterocycles. The molecule has 0 aliphatic rings. The lowest BCUT2D eigenvalue weighted by molar-refractivity contribution is 0.0737. The number of carbonyl (C=O) groups is 1. The number of amides is 1. The molecule has 0 aliphatic carbocycles. The fraction of sp³-hybridized carbons (Fsp3) is 0.308. The van der Waals surface area contributed by atoms with E-state index in [9.17, 15) is 4.79 Å². The molecule has 0 bridgehead atoms. The third-order valence-electron chi connectivity index (χ3n) is 3.06. The van der Waals surface area contributed by atoms with Crippen LogP contribution in [0.4, 0.5) is 0 Å². The van der Waals surface area contributed by atoms with Crippen LogP contribution in [-0.2, 0) is 6.42 Å². The molecule has 0 aliphatic heterocycles. The summed E-state index contributed by atoms with van der Waals surface area (Å²) in [5.41, 5.74) is 1.46. The lowest BCUT2D eigenvalue weighted by Gasteiger charge is -2.24. The molecule has 0 fully saturated rings. The Morgan fingerprint density at radius 2 is 2.11 bits per heavy atom. The van der Waals surface area contributed by atoms with Gasteiger partial charge in [0, 0.05) is 18.1 Å². The molecule has 1 amide bonds. The molecular weight excluding hydrogens is 264 g/mol. The van der Waals surface area contributed by atoms with Gasteiger partial charge in [0.1, 0.15) is 0 Å². The minimum absolute atomic E-state index is 0.0605. The van der Waals surface area contributed by atoms with Crippen LogP contribution in [-0.4, -0.2) is 39.3 Å². The van der Waals surface area contributed by atoms with Gasteiger partial charge in [-0.05, 0) is 31.0 Å². The van der Waals surface area contributed by atoms with E-state index in [4.69, 9.17) is 11.6 Å². The van der Waals surface area contributed by atoms with Gasteiger partial charge in [-0.25, -0.2) is 0 Å². The molecule has 0 saturated carbocycles. The van der Waals surface area contributed by atoms with Gasteiger partial charge in [0.25, 0.3) is 5.91 Å². The zero-order valence-corrected chi connectivity index (χ0v) is 11.6. The molecule has 0 spiro atoms. The maximum atomic E-state index is 12.1. The fourth-order valence-electron chi connectivity index (χ4n) is 1.78. The molecule has 1 aromatic carbocycles. The van der Waals surface area contributed by atoms with Crippen LogP contribution in [0.3, 0.4) is 0 Å². The average molecular weight is 279 g/mol. The first-order valence-electron chi connectivity index (χ1n) is 5.95. The van der Waals surface area contributed by atoms with Crippen molar-refractivity contribution in [2.75, 3.05) is 7.05 Å². The standard InChI is InChI=1S/C13H15ClN4O/c1-9(7-10-3-5-11(14)6-4-10)18(2)13(19)12-8-15-17-16-12/h3-6,8-9H,7H2,1-2H3,(H,15,16,17). The van der Waals surface area contributed by atoms with E-state index in [0.29, 0.717) is 10.7 Å². The first-order valence-corrected chi connectivity index (χ1v) is 6.33. The second kappa shape index (κ2) is 5.84. The molecule has 6 heteroatoms. The van der Waals surface area contributed by atoms with Crippen LogP contribution in [0.5, 0.6) is 0 Å². The molecule has 1 atom stereocenters. The highest BCUT2D eigenvalue weighted by Crippen LogP contribution is 2.13. The number of halogens is 1. The Morgan fingerprint density at radius 3 is 2.68 bits per heavy atom. The van der Waals surface area contributed by atoms with E-state index in [-0.39, 0.29) is 11.9 Å². The van der Waals surface area contributed by atoms with Crippen molar-refractivity contribution in [2.24, 2.45) is 0 Å².